The number of thiocarbonyl (C=S) groups is 1. The first-order valence-corrected chi connectivity index (χ1v) is 11.5. The van der Waals surface area contributed by atoms with E-state index in [0.29, 0.717) is 10.7 Å². The van der Waals surface area contributed by atoms with E-state index in [1.54, 1.807) is 31.3 Å². The van der Waals surface area contributed by atoms with E-state index in [2.05, 4.69) is 39.7 Å². The topological polar surface area (TPSA) is 53.3 Å². The molecule has 34 heavy (non-hydrogen) atoms. The fourth-order valence-electron chi connectivity index (χ4n) is 4.81. The number of hydrogen-bond acceptors (Lipinski definition) is 3. The number of rotatable bonds is 4. The summed E-state index contributed by atoms with van der Waals surface area (Å²) in [4.78, 5) is 6.67. The number of pyridine rings is 1. The Kier molecular flexibility index (Phi) is 5.57. The van der Waals surface area contributed by atoms with Gasteiger partial charge in [-0.1, -0.05) is 6.07 Å². The van der Waals surface area contributed by atoms with Crippen LogP contribution in [0, 0.1) is 26.6 Å². The number of nitrogens with zero attached hydrogens (tertiary/aromatic N) is 3. The van der Waals surface area contributed by atoms with Crippen molar-refractivity contribution in [2.24, 2.45) is 0 Å². The molecular weight excluding hydrogens is 447 g/mol. The fourth-order valence-corrected chi connectivity index (χ4v) is 5.16. The minimum Gasteiger partial charge on any atom is -0.508 e. The number of halogens is 1. The minimum atomic E-state index is -0.245. The monoisotopic (exact) mass is 472 g/mol. The molecule has 2 atom stereocenters. The van der Waals surface area contributed by atoms with Gasteiger partial charge < -0.3 is 19.9 Å². The van der Waals surface area contributed by atoms with Gasteiger partial charge in [-0.05, 0) is 105 Å². The van der Waals surface area contributed by atoms with Gasteiger partial charge in [0.15, 0.2) is 5.11 Å². The molecule has 5 nitrogen and oxygen atoms in total. The Labute approximate surface area is 203 Å². The molecule has 4 aromatic rings. The fraction of sp³-hybridized carbons (Fsp3) is 0.185. The number of nitrogens with one attached hydrogen (secondary N) is 1. The average molecular weight is 473 g/mol. The quantitative estimate of drug-likeness (QED) is 0.367. The van der Waals surface area contributed by atoms with Crippen molar-refractivity contribution in [3.63, 3.8) is 0 Å². The van der Waals surface area contributed by atoms with Crippen molar-refractivity contribution in [2.75, 3.05) is 4.90 Å². The van der Waals surface area contributed by atoms with Crippen molar-refractivity contribution < 1.29 is 9.50 Å². The zero-order valence-electron chi connectivity index (χ0n) is 19.2. The van der Waals surface area contributed by atoms with Crippen LogP contribution in [0.25, 0.3) is 5.69 Å². The van der Waals surface area contributed by atoms with Crippen LogP contribution in [0.1, 0.15) is 40.3 Å². The lowest BCUT2D eigenvalue weighted by Crippen LogP contribution is -2.29. The molecule has 0 bridgehead atoms. The van der Waals surface area contributed by atoms with Gasteiger partial charge in [0.25, 0.3) is 0 Å². The van der Waals surface area contributed by atoms with Crippen LogP contribution >= 0.6 is 12.2 Å². The molecule has 1 fully saturated rings. The van der Waals surface area contributed by atoms with Crippen molar-refractivity contribution in [1.82, 2.24) is 14.9 Å². The van der Waals surface area contributed by atoms with Crippen LogP contribution in [0.5, 0.6) is 5.75 Å². The van der Waals surface area contributed by atoms with Crippen LogP contribution in [-0.4, -0.2) is 19.8 Å². The molecule has 0 saturated carbocycles. The van der Waals surface area contributed by atoms with Crippen LogP contribution in [0.3, 0.4) is 0 Å². The number of phenols is 1. The summed E-state index contributed by atoms with van der Waals surface area (Å²) in [5, 5.41) is 13.8. The number of hydrogen-bond donors (Lipinski definition) is 2. The molecular formula is C27H25FN4OS. The van der Waals surface area contributed by atoms with Crippen molar-refractivity contribution in [2.45, 2.75) is 32.9 Å². The summed E-state index contributed by atoms with van der Waals surface area (Å²) in [5.74, 6) is -0.0185. The molecule has 0 unspecified atom stereocenters. The highest BCUT2D eigenvalue weighted by Crippen LogP contribution is 2.44. The first-order valence-electron chi connectivity index (χ1n) is 11.1. The van der Waals surface area contributed by atoms with E-state index >= 15 is 0 Å². The second-order valence-electron chi connectivity index (χ2n) is 8.61. The lowest BCUT2D eigenvalue weighted by Gasteiger charge is -2.28. The van der Waals surface area contributed by atoms with Gasteiger partial charge in [-0.15, -0.1) is 0 Å². The molecule has 7 heteroatoms. The van der Waals surface area contributed by atoms with Gasteiger partial charge in [-0.2, -0.15) is 0 Å². The second kappa shape index (κ2) is 8.57. The Hall–Kier alpha value is -3.71. The van der Waals surface area contributed by atoms with E-state index in [-0.39, 0.29) is 23.7 Å². The van der Waals surface area contributed by atoms with E-state index < -0.39 is 0 Å². The van der Waals surface area contributed by atoms with Crippen molar-refractivity contribution in [3.05, 3.63) is 107 Å². The smallest absolute Gasteiger partial charge is 0.174 e. The zero-order chi connectivity index (χ0) is 24.0. The Bertz CT molecular complexity index is 1370. The molecule has 0 aliphatic carbocycles. The molecule has 2 aromatic heterocycles. The summed E-state index contributed by atoms with van der Waals surface area (Å²) in [6, 6.07) is 19.9. The van der Waals surface area contributed by atoms with Gasteiger partial charge in [0.2, 0.25) is 0 Å². The highest BCUT2D eigenvalue weighted by atomic mass is 32.1. The molecule has 172 valence electrons. The summed E-state index contributed by atoms with van der Waals surface area (Å²) in [7, 11) is 0. The van der Waals surface area contributed by atoms with Crippen molar-refractivity contribution >= 4 is 23.0 Å². The highest BCUT2D eigenvalue weighted by Gasteiger charge is 2.42. The maximum absolute atomic E-state index is 14.1. The number of aromatic hydroxyl groups is 1. The van der Waals surface area contributed by atoms with Crippen molar-refractivity contribution in [3.8, 4) is 11.4 Å². The average Bonchev–Trinajstić information content (AvgIpc) is 3.32. The van der Waals surface area contributed by atoms with Gasteiger partial charge in [0, 0.05) is 29.0 Å². The predicted octanol–water partition coefficient (Wildman–Crippen LogP) is 5.82. The molecule has 1 aliphatic rings. The third kappa shape index (κ3) is 3.72. The SMILES string of the molecule is Cc1cc(N2C(=S)N[C@@H](c3ccccn3)[C@@H]2c2cc(C)n(-c3ccc(O)cc3)c2C)ccc1F. The van der Waals surface area contributed by atoms with E-state index in [1.165, 1.54) is 6.07 Å². The Balaban J connectivity index is 1.68. The summed E-state index contributed by atoms with van der Waals surface area (Å²) >= 11 is 5.80. The first kappa shape index (κ1) is 22.1. The predicted molar refractivity (Wildman–Crippen MR) is 136 cm³/mol. The highest BCUT2D eigenvalue weighted by molar-refractivity contribution is 7.80. The molecule has 1 saturated heterocycles. The Morgan fingerprint density at radius 2 is 1.71 bits per heavy atom. The summed E-state index contributed by atoms with van der Waals surface area (Å²) in [5.41, 5.74) is 6.45. The number of phenolic OH excluding ortho intramolecular Hbond substituents is 1. The molecule has 0 amide bonds. The summed E-state index contributed by atoms with van der Waals surface area (Å²) in [6.45, 7) is 5.90. The molecule has 0 radical (unpaired) electrons. The molecule has 1 aliphatic heterocycles. The first-order chi connectivity index (χ1) is 16.3. The lowest BCUT2D eigenvalue weighted by molar-refractivity contribution is 0.475. The molecule has 3 heterocycles. The third-order valence-corrected chi connectivity index (χ3v) is 6.73. The van der Waals surface area contributed by atoms with E-state index in [1.807, 2.05) is 36.4 Å². The standard InChI is InChI=1S/C27H25FN4OS/c1-16-14-20(9-12-23(16)28)32-26(25(30-27(32)34)24-6-4-5-13-29-24)22-15-17(2)31(18(22)3)19-7-10-21(33)11-8-19/h4-15,25-26,33H,1-3H3,(H,30,34)/t25-,26-/m0/s1. The largest absolute Gasteiger partial charge is 0.508 e. The van der Waals surface area contributed by atoms with E-state index in [0.717, 1.165) is 34.0 Å². The number of aromatic nitrogens is 2. The molecule has 2 aromatic carbocycles. The van der Waals surface area contributed by atoms with Crippen molar-refractivity contribution in [1.29, 1.82) is 0 Å². The summed E-state index contributed by atoms with van der Waals surface area (Å²) in [6.07, 6.45) is 1.78. The Morgan fingerprint density at radius 3 is 2.38 bits per heavy atom. The zero-order valence-corrected chi connectivity index (χ0v) is 20.0. The molecule has 0 spiro atoms. The van der Waals surface area contributed by atoms with Gasteiger partial charge in [0.1, 0.15) is 11.6 Å². The van der Waals surface area contributed by atoms with Gasteiger partial charge in [-0.25, -0.2) is 4.39 Å². The number of benzene rings is 2. The van der Waals surface area contributed by atoms with E-state index in [9.17, 15) is 9.50 Å². The maximum Gasteiger partial charge on any atom is 0.174 e. The number of anilines is 1. The molecule has 2 N–H and O–H groups in total. The van der Waals surface area contributed by atoms with Gasteiger partial charge in [-0.3, -0.25) is 4.98 Å². The van der Waals surface area contributed by atoms with Crippen LogP contribution in [-0.2, 0) is 0 Å². The van der Waals surface area contributed by atoms with Gasteiger partial charge in [0.05, 0.1) is 17.8 Å². The molecule has 5 rings (SSSR count). The van der Waals surface area contributed by atoms with Crippen LogP contribution in [0.4, 0.5) is 10.1 Å². The normalized spacial score (nSPS) is 17.8. The summed E-state index contributed by atoms with van der Waals surface area (Å²) < 4.78 is 16.2. The Morgan fingerprint density at radius 1 is 0.971 bits per heavy atom. The van der Waals surface area contributed by atoms with Gasteiger partial charge >= 0.3 is 0 Å². The van der Waals surface area contributed by atoms with E-state index in [4.69, 9.17) is 12.2 Å². The van der Waals surface area contributed by atoms with Crippen LogP contribution in [0.2, 0.25) is 0 Å². The van der Waals surface area contributed by atoms with Crippen LogP contribution in [0.15, 0.2) is 72.9 Å². The number of aryl methyl sites for hydroxylation is 2. The minimum absolute atomic E-state index is 0.187. The maximum atomic E-state index is 14.1. The third-order valence-electron chi connectivity index (χ3n) is 6.41. The second-order valence-corrected chi connectivity index (χ2v) is 9.00. The van der Waals surface area contributed by atoms with Crippen LogP contribution < -0.4 is 10.2 Å². The lowest BCUT2D eigenvalue weighted by atomic mass is 9.96.